The Hall–Kier alpha value is -7.53. The van der Waals surface area contributed by atoms with Gasteiger partial charge in [0.15, 0.2) is 41.9 Å². The van der Waals surface area contributed by atoms with Crippen LogP contribution in [0.3, 0.4) is 0 Å². The largest absolute Gasteiger partial charge is 0.397 e. The van der Waals surface area contributed by atoms with E-state index in [4.69, 9.17) is 39.0 Å². The van der Waals surface area contributed by atoms with E-state index in [9.17, 15) is 18.9 Å². The van der Waals surface area contributed by atoms with Gasteiger partial charge in [0.05, 0.1) is 56.0 Å². The quantitative estimate of drug-likeness (QED) is 0.0456. The second-order valence-electron chi connectivity index (χ2n) is 20.9. The fraction of sp³-hybridized carbons (Fsp3) is 0.370. The molecule has 4 aliphatic heterocycles. The van der Waals surface area contributed by atoms with E-state index in [0.717, 1.165) is 35.6 Å². The van der Waals surface area contributed by atoms with Gasteiger partial charge in [0.1, 0.15) is 47.5 Å². The number of nitrogens with one attached hydrogen (secondary N) is 2. The zero-order valence-corrected chi connectivity index (χ0v) is 48.9. The number of nitrogens with two attached hydrogens (primary N) is 2. The zero-order valence-electron chi connectivity index (χ0n) is 46.3. The molecular formula is C54H58BF2N15O11P2S. The molecule has 448 valence electrons. The van der Waals surface area contributed by atoms with Crippen molar-refractivity contribution in [3.8, 4) is 22.5 Å². The molecule has 26 nitrogen and oxygen atoms in total. The van der Waals surface area contributed by atoms with Crippen LogP contribution in [0.4, 0.5) is 31.7 Å². The van der Waals surface area contributed by atoms with Crippen molar-refractivity contribution < 1.29 is 59.9 Å². The molecule has 0 saturated carbocycles. The number of unbranched alkanes of at least 4 members (excludes halogenated alkanes) is 2. The van der Waals surface area contributed by atoms with Crippen LogP contribution >= 0.6 is 25.7 Å². The Morgan fingerprint density at radius 1 is 0.779 bits per heavy atom. The molecular weight excluding hydrogens is 1180 g/mol. The molecule has 0 spiro atoms. The highest BCUT2D eigenvalue weighted by Gasteiger charge is 2.55. The summed E-state index contributed by atoms with van der Waals surface area (Å²) in [5.74, 6) is -0.777. The minimum Gasteiger partial charge on any atom is -0.397 e. The number of aromatic nitrogens is 10. The van der Waals surface area contributed by atoms with Gasteiger partial charge in [-0.25, -0.2) is 42.9 Å². The fourth-order valence-electron chi connectivity index (χ4n) is 10.8. The first kappa shape index (κ1) is 58.8. The number of rotatable bonds is 15. The second-order valence-corrected chi connectivity index (χ2v) is 26.9. The molecule has 10 atom stereocenters. The average molecular weight is 1240 g/mol. The lowest BCUT2D eigenvalue weighted by molar-refractivity contribution is -0.124. The number of ether oxygens (including phenoxy) is 2. The van der Waals surface area contributed by atoms with E-state index in [1.54, 1.807) is 29.2 Å². The Morgan fingerprint density at radius 3 is 2.22 bits per heavy atom. The molecule has 32 heteroatoms. The predicted molar refractivity (Wildman–Crippen MR) is 315 cm³/mol. The van der Waals surface area contributed by atoms with Crippen molar-refractivity contribution in [1.29, 1.82) is 0 Å². The molecule has 8 aromatic rings. The third-order valence-electron chi connectivity index (χ3n) is 15.1. The maximum absolute atomic E-state index is 17.0. The number of halogens is 2. The van der Waals surface area contributed by atoms with Gasteiger partial charge >= 0.3 is 6.80 Å². The number of aryl methyl sites for hydroxylation is 1. The predicted octanol–water partition coefficient (Wildman–Crippen LogP) is 7.00. The highest BCUT2D eigenvalue weighted by atomic mass is 32.7. The van der Waals surface area contributed by atoms with Crippen molar-refractivity contribution in [2.75, 3.05) is 41.4 Å². The van der Waals surface area contributed by atoms with Crippen molar-refractivity contribution in [1.82, 2.24) is 54.4 Å². The smallest absolute Gasteiger partial charge is 0.389 e. The van der Waals surface area contributed by atoms with Crippen LogP contribution in [-0.2, 0) is 69.9 Å². The Morgan fingerprint density at radius 2 is 1.47 bits per heavy atom. The standard InChI is InChI=1S/C54H58BF2N15O11P2S/c1-2-41(75)69-23-31-10-5-6-11-33(31)47-44(34-12-7-8-13-36(34)69)67-68-72(47)21-9-3-4-14-39(73)61-22-40(74)66-32-17-15-30(16-18-32)26-86-85(77)79-25-38-48(42(56)53(81-38)71-29-65-46-50(59)62-27-63-52(46)71)82-84(55,76)78-24-37-49(83-85)43(57)54(80-37)70-28-64-45-35(58)19-20-60-51(45)70/h5-8,10-13,15-20,27-29,37-38,42-43,48-49,53-54H,2-4,9,14,21-26,55H2,1H3,(H2,58,60)(H,61,73)(H,66,74)(H2,59,62,63)/t37-,38-,42-,43-,48-,49-,53-,54-,84-,85+/m1/s1. The number of alkyl halides is 2. The first-order valence-electron chi connectivity index (χ1n) is 27.7. The fourth-order valence-corrected chi connectivity index (χ4v) is 15.4. The lowest BCUT2D eigenvalue weighted by Crippen LogP contribution is -2.37. The number of hydrogen-bond donors (Lipinski definition) is 4. The van der Waals surface area contributed by atoms with Crippen molar-refractivity contribution in [2.45, 2.75) is 107 Å². The van der Waals surface area contributed by atoms with Gasteiger partial charge in [0.25, 0.3) is 15.0 Å². The van der Waals surface area contributed by atoms with Crippen molar-refractivity contribution >= 4 is 96.1 Å². The minimum absolute atomic E-state index is 0.00886. The van der Waals surface area contributed by atoms with Gasteiger partial charge in [-0.1, -0.05) is 73.2 Å². The Bertz CT molecular complexity index is 3960. The molecule has 0 aliphatic carbocycles. The number of nitrogens with zero attached hydrogens (tertiary/aromatic N) is 11. The summed E-state index contributed by atoms with van der Waals surface area (Å²) in [5.41, 5.74) is 19.2. The summed E-state index contributed by atoms with van der Waals surface area (Å²) in [4.78, 5) is 61.9. The van der Waals surface area contributed by atoms with Gasteiger partial charge in [-0.2, -0.15) is 0 Å². The summed E-state index contributed by atoms with van der Waals surface area (Å²) in [6.07, 6.45) is -5.60. The van der Waals surface area contributed by atoms with E-state index in [2.05, 4.69) is 45.9 Å². The van der Waals surface area contributed by atoms with E-state index in [1.807, 2.05) is 60.1 Å². The third-order valence-corrected chi connectivity index (χ3v) is 20.0. The summed E-state index contributed by atoms with van der Waals surface area (Å²) in [6, 6.07) is 23.7. The molecule has 4 aliphatic rings. The molecule has 3 aromatic carbocycles. The van der Waals surface area contributed by atoms with Gasteiger partial charge in [-0.3, -0.25) is 37.1 Å². The summed E-state index contributed by atoms with van der Waals surface area (Å²) in [7, 11) is -3.11. The Labute approximate surface area is 494 Å². The van der Waals surface area contributed by atoms with Crippen LogP contribution in [0.15, 0.2) is 104 Å². The van der Waals surface area contributed by atoms with Crippen molar-refractivity contribution in [2.24, 2.45) is 0 Å². The summed E-state index contributed by atoms with van der Waals surface area (Å²) < 4.78 is 104. The van der Waals surface area contributed by atoms with E-state index >= 15 is 13.3 Å². The molecule has 3 fully saturated rings. The number of carbonyl (C=O) groups excluding carboxylic acids is 3. The molecule has 86 heavy (non-hydrogen) atoms. The summed E-state index contributed by atoms with van der Waals surface area (Å²) >= 11 is 0.694. The number of pyridine rings is 1. The van der Waals surface area contributed by atoms with Crippen LogP contribution in [0.5, 0.6) is 0 Å². The van der Waals surface area contributed by atoms with Crippen LogP contribution in [0.1, 0.15) is 62.6 Å². The van der Waals surface area contributed by atoms with E-state index in [0.29, 0.717) is 67.1 Å². The second kappa shape index (κ2) is 24.7. The van der Waals surface area contributed by atoms with Gasteiger partial charge < -0.3 is 45.5 Å². The number of anilines is 4. The van der Waals surface area contributed by atoms with E-state index < -0.39 is 82.6 Å². The van der Waals surface area contributed by atoms with E-state index in [-0.39, 0.29) is 64.4 Å². The summed E-state index contributed by atoms with van der Waals surface area (Å²) in [6.45, 7) is -3.35. The maximum atomic E-state index is 17.0. The Balaban J connectivity index is 0.673. The molecule has 3 saturated heterocycles. The highest BCUT2D eigenvalue weighted by molar-refractivity contribution is 8.54. The van der Waals surface area contributed by atoms with Gasteiger partial charge in [-0.15, -0.1) is 5.10 Å². The molecule has 0 bridgehead atoms. The molecule has 9 heterocycles. The van der Waals surface area contributed by atoms with Crippen LogP contribution in [-0.4, -0.2) is 131 Å². The minimum atomic E-state index is -4.56. The number of fused-ring (bicyclic) bond motifs is 9. The van der Waals surface area contributed by atoms with Crippen LogP contribution in [0.2, 0.25) is 0 Å². The Kier molecular flexibility index (Phi) is 16.9. The topological polar surface area (TPSA) is 325 Å². The van der Waals surface area contributed by atoms with Crippen molar-refractivity contribution in [3.63, 3.8) is 0 Å². The number of carbonyl (C=O) groups is 3. The number of nitrogen functional groups attached to an aromatic ring is 2. The molecule has 0 unspecified atom stereocenters. The number of amides is 3. The van der Waals surface area contributed by atoms with Gasteiger partial charge in [0, 0.05) is 48.2 Å². The van der Waals surface area contributed by atoms with E-state index in [1.165, 1.54) is 40.4 Å². The highest BCUT2D eigenvalue weighted by Crippen LogP contribution is 2.65. The normalized spacial score (nSPS) is 25.6. The number of hydrogen-bond acceptors (Lipinski definition) is 21. The molecule has 6 N–H and O–H groups in total. The molecule has 3 amide bonds. The van der Waals surface area contributed by atoms with Crippen LogP contribution in [0.25, 0.3) is 44.8 Å². The first-order valence-corrected chi connectivity index (χ1v) is 32.8. The van der Waals surface area contributed by atoms with Gasteiger partial charge in [-0.05, 0) is 59.6 Å². The van der Waals surface area contributed by atoms with Gasteiger partial charge in [0.2, 0.25) is 17.7 Å². The number of benzene rings is 3. The zero-order chi connectivity index (χ0) is 59.9. The monoisotopic (exact) mass is 1240 g/mol. The SMILES string of the molecule is B[P@@]1(=O)OC[C@H]2O[C@@H](n3cnc4c(N)ccnc43)[C@H](F)[C@@H]2O[P@@](=O)(SCc2ccc(NC(=O)CNC(=O)CCCCCn3nnc4c3-c3ccccc3CN(C(=O)CC)c3ccccc3-4)cc2)OC[C@H]2O[C@@H](n3cnc4c(N)ncnc43)[C@H](F)[C@@H]2O1. The van der Waals surface area contributed by atoms with Crippen molar-refractivity contribution in [3.05, 3.63) is 115 Å². The molecule has 5 aromatic heterocycles. The first-order chi connectivity index (χ1) is 41.5. The molecule has 0 radical (unpaired) electrons. The maximum Gasteiger partial charge on any atom is 0.389 e. The summed E-state index contributed by atoms with van der Waals surface area (Å²) in [5, 5.41) is 14.6. The molecule has 12 rings (SSSR count). The average Bonchev–Trinajstić information content (AvgIpc) is 2.46. The number of para-hydroxylation sites is 1. The van der Waals surface area contributed by atoms with Crippen LogP contribution in [0, 0.1) is 0 Å². The lowest BCUT2D eigenvalue weighted by Gasteiger charge is -2.30. The third kappa shape index (κ3) is 12.0. The van der Waals surface area contributed by atoms with Crippen LogP contribution < -0.4 is 27.0 Å². The lowest BCUT2D eigenvalue weighted by atomic mass is 9.95. The number of imidazole rings is 2.